The SMILES string of the molecule is CC/C=C\C/C=C\C/C=C\C/C=C\C/C=C\C/C=C\CCCCCCCCC(=O)NC(COP(=O)([O-])OCC[N+](C)(C)C)C(O)/C=C/CC/C=C/CC/C=C/CCCCCCCCCCCCCCCCCCCCCCCC. The molecule has 79 heavy (non-hydrogen) atoms. The molecular formula is C70H125N2O6P. The number of unbranched alkanes of at least 4 members (excludes halogenated alkanes) is 30. The standard InChI is InChI=1S/C70H125N2O6P/c1-6-8-10-12-14-16-18-20-22-24-26-28-30-32-33-34-35-36-37-38-40-41-43-45-47-49-51-53-55-57-59-61-63-69(73)68(67-78-79(75,76)77-66-65-72(3,4)5)71-70(74)64-62-60-58-56-54-52-50-48-46-44-42-39-31-29-27-25-23-21-19-17-15-13-11-9-7-2/h9,11,15,17,21,23,27,29,39,42,45-48,53,55,61,63,68-69,73H,6-8,10,12-14,16,18-20,22,24-26,28,30-38,40-41,43-44,49-52,54,56-60,62,64-67H2,1-5H3,(H-,71,74,75,76)/b11-9-,17-15-,23-21-,29-27-,42-39-,47-45+,48-46-,55-53+,63-61+. The van der Waals surface area contributed by atoms with Crippen LogP contribution in [0.3, 0.4) is 0 Å². The number of hydrogen-bond donors (Lipinski definition) is 2. The van der Waals surface area contributed by atoms with Gasteiger partial charge in [-0.1, -0.05) is 284 Å². The van der Waals surface area contributed by atoms with Crippen LogP contribution in [-0.2, 0) is 18.4 Å². The Labute approximate surface area is 489 Å². The van der Waals surface area contributed by atoms with Gasteiger partial charge in [-0.15, -0.1) is 0 Å². The number of nitrogens with zero attached hydrogens (tertiary/aromatic N) is 1. The van der Waals surface area contributed by atoms with E-state index in [1.165, 1.54) is 148 Å². The van der Waals surface area contributed by atoms with Gasteiger partial charge < -0.3 is 28.8 Å². The molecule has 0 rings (SSSR count). The van der Waals surface area contributed by atoms with E-state index in [9.17, 15) is 19.4 Å². The van der Waals surface area contributed by atoms with Gasteiger partial charge in [0, 0.05) is 6.42 Å². The van der Waals surface area contributed by atoms with Gasteiger partial charge in [-0.2, -0.15) is 0 Å². The van der Waals surface area contributed by atoms with Crippen LogP contribution in [0.15, 0.2) is 109 Å². The zero-order valence-corrected chi connectivity index (χ0v) is 52.9. The maximum absolute atomic E-state index is 13.0. The maximum atomic E-state index is 13.0. The van der Waals surface area contributed by atoms with Crippen LogP contribution in [0, 0.1) is 0 Å². The summed E-state index contributed by atoms with van der Waals surface area (Å²) in [5, 5.41) is 13.9. The van der Waals surface area contributed by atoms with Crippen molar-refractivity contribution in [1.82, 2.24) is 5.32 Å². The number of phosphoric acid groups is 1. The second-order valence-electron chi connectivity index (χ2n) is 23.1. The van der Waals surface area contributed by atoms with E-state index >= 15 is 0 Å². The van der Waals surface area contributed by atoms with Gasteiger partial charge in [-0.3, -0.25) is 9.36 Å². The molecule has 0 fully saturated rings. The lowest BCUT2D eigenvalue weighted by molar-refractivity contribution is -0.870. The largest absolute Gasteiger partial charge is 0.756 e. The van der Waals surface area contributed by atoms with Crippen molar-refractivity contribution >= 4 is 13.7 Å². The maximum Gasteiger partial charge on any atom is 0.268 e. The molecule has 0 saturated carbocycles. The summed E-state index contributed by atoms with van der Waals surface area (Å²) in [6.45, 7) is 4.51. The van der Waals surface area contributed by atoms with E-state index in [2.05, 4.69) is 116 Å². The van der Waals surface area contributed by atoms with Crippen molar-refractivity contribution in [2.45, 2.75) is 289 Å². The molecule has 9 heteroatoms. The Morgan fingerprint density at radius 3 is 1.18 bits per heavy atom. The number of phosphoric ester groups is 1. The van der Waals surface area contributed by atoms with E-state index in [0.717, 1.165) is 109 Å². The van der Waals surface area contributed by atoms with E-state index in [4.69, 9.17) is 9.05 Å². The Morgan fingerprint density at radius 1 is 0.456 bits per heavy atom. The second-order valence-corrected chi connectivity index (χ2v) is 24.5. The molecule has 1 amide bonds. The van der Waals surface area contributed by atoms with Crippen LogP contribution in [0.1, 0.15) is 277 Å². The number of carbonyl (C=O) groups excluding carboxylic acids is 1. The van der Waals surface area contributed by atoms with Gasteiger partial charge in [0.25, 0.3) is 7.82 Å². The summed E-state index contributed by atoms with van der Waals surface area (Å²) >= 11 is 0. The number of allylic oxidation sites excluding steroid dienone is 17. The van der Waals surface area contributed by atoms with E-state index in [0.29, 0.717) is 17.4 Å². The van der Waals surface area contributed by atoms with Gasteiger partial charge in [0.2, 0.25) is 5.91 Å². The number of amides is 1. The van der Waals surface area contributed by atoms with E-state index in [-0.39, 0.29) is 12.5 Å². The van der Waals surface area contributed by atoms with Gasteiger partial charge in [0.15, 0.2) is 0 Å². The molecule has 2 N–H and O–H groups in total. The van der Waals surface area contributed by atoms with Crippen molar-refractivity contribution in [3.63, 3.8) is 0 Å². The molecule has 456 valence electrons. The summed E-state index contributed by atoms with van der Waals surface area (Å²) in [7, 11) is 1.21. The topological polar surface area (TPSA) is 108 Å². The lowest BCUT2D eigenvalue weighted by atomic mass is 10.0. The third kappa shape index (κ3) is 62.6. The zero-order valence-electron chi connectivity index (χ0n) is 52.0. The number of nitrogens with one attached hydrogen (secondary N) is 1. The molecule has 3 atom stereocenters. The van der Waals surface area contributed by atoms with E-state index in [1.807, 2.05) is 27.2 Å². The Hall–Kier alpha value is -2.84. The van der Waals surface area contributed by atoms with Crippen molar-refractivity contribution in [3.05, 3.63) is 109 Å². The van der Waals surface area contributed by atoms with Gasteiger partial charge in [0.05, 0.1) is 39.9 Å². The monoisotopic (exact) mass is 1120 g/mol. The van der Waals surface area contributed by atoms with E-state index in [1.54, 1.807) is 6.08 Å². The molecular weight excluding hydrogens is 996 g/mol. The molecule has 0 bridgehead atoms. The number of carbonyl (C=O) groups is 1. The van der Waals surface area contributed by atoms with Crippen LogP contribution in [0.2, 0.25) is 0 Å². The molecule has 0 radical (unpaired) electrons. The molecule has 0 aromatic heterocycles. The van der Waals surface area contributed by atoms with Crippen molar-refractivity contribution in [2.24, 2.45) is 0 Å². The van der Waals surface area contributed by atoms with Crippen LogP contribution in [0.5, 0.6) is 0 Å². The fraction of sp³-hybridized carbons (Fsp3) is 0.729. The Balaban J connectivity index is 4.24. The second kappa shape index (κ2) is 59.8. The average molecular weight is 1120 g/mol. The Morgan fingerprint density at radius 2 is 0.785 bits per heavy atom. The quantitative estimate of drug-likeness (QED) is 0.0272. The highest BCUT2D eigenvalue weighted by atomic mass is 31.2. The minimum atomic E-state index is -4.63. The van der Waals surface area contributed by atoms with Crippen molar-refractivity contribution < 1.29 is 32.9 Å². The average Bonchev–Trinajstić information content (AvgIpc) is 3.42. The van der Waals surface area contributed by atoms with Gasteiger partial charge in [0.1, 0.15) is 13.2 Å². The minimum Gasteiger partial charge on any atom is -0.756 e. The summed E-state index contributed by atoms with van der Waals surface area (Å²) in [5.41, 5.74) is 0. The first-order valence-corrected chi connectivity index (χ1v) is 34.2. The third-order valence-electron chi connectivity index (χ3n) is 14.2. The first-order valence-electron chi connectivity index (χ1n) is 32.7. The highest BCUT2D eigenvalue weighted by Crippen LogP contribution is 2.38. The number of rotatable bonds is 59. The van der Waals surface area contributed by atoms with E-state index < -0.39 is 26.6 Å². The summed E-state index contributed by atoms with van der Waals surface area (Å²) in [6.07, 6.45) is 87.7. The zero-order chi connectivity index (χ0) is 57.7. The van der Waals surface area contributed by atoms with Crippen LogP contribution in [0.4, 0.5) is 0 Å². The summed E-state index contributed by atoms with van der Waals surface area (Å²) in [6, 6.07) is -0.928. The molecule has 8 nitrogen and oxygen atoms in total. The van der Waals surface area contributed by atoms with Gasteiger partial charge in [-0.05, 0) is 96.3 Å². The molecule has 3 unspecified atom stereocenters. The third-order valence-corrected chi connectivity index (χ3v) is 15.2. The number of hydrogen-bond acceptors (Lipinski definition) is 6. The van der Waals surface area contributed by atoms with Crippen LogP contribution in [-0.4, -0.2) is 68.5 Å². The molecule has 0 saturated heterocycles. The Bertz CT molecular complexity index is 1650. The molecule has 0 aromatic rings. The Kier molecular flexibility index (Phi) is 57.6. The van der Waals surface area contributed by atoms with Crippen LogP contribution >= 0.6 is 7.82 Å². The summed E-state index contributed by atoms with van der Waals surface area (Å²) < 4.78 is 23.4. The molecule has 0 aliphatic rings. The van der Waals surface area contributed by atoms with Crippen molar-refractivity contribution in [3.8, 4) is 0 Å². The lowest BCUT2D eigenvalue weighted by Gasteiger charge is -2.29. The molecule has 0 aliphatic heterocycles. The molecule has 0 spiro atoms. The number of aliphatic hydroxyl groups excluding tert-OH is 1. The van der Waals surface area contributed by atoms with Gasteiger partial charge >= 0.3 is 0 Å². The molecule has 0 aliphatic carbocycles. The fourth-order valence-corrected chi connectivity index (χ4v) is 9.85. The number of aliphatic hydroxyl groups is 1. The predicted octanol–water partition coefficient (Wildman–Crippen LogP) is 20.1. The number of likely N-dealkylation sites (N-methyl/N-ethyl adjacent to an activating group) is 1. The first-order chi connectivity index (χ1) is 38.5. The highest BCUT2D eigenvalue weighted by Gasteiger charge is 2.23. The lowest BCUT2D eigenvalue weighted by Crippen LogP contribution is -2.45. The molecule has 0 heterocycles. The smallest absolute Gasteiger partial charge is 0.268 e. The molecule has 0 aromatic carbocycles. The first kappa shape index (κ1) is 76.2. The fourth-order valence-electron chi connectivity index (χ4n) is 9.13. The predicted molar refractivity (Wildman–Crippen MR) is 343 cm³/mol. The van der Waals surface area contributed by atoms with Crippen molar-refractivity contribution in [1.29, 1.82) is 0 Å². The van der Waals surface area contributed by atoms with Gasteiger partial charge in [-0.25, -0.2) is 0 Å². The summed E-state index contributed by atoms with van der Waals surface area (Å²) in [4.78, 5) is 25.6. The summed E-state index contributed by atoms with van der Waals surface area (Å²) in [5.74, 6) is -0.228. The van der Waals surface area contributed by atoms with Crippen LogP contribution < -0.4 is 10.2 Å². The van der Waals surface area contributed by atoms with Crippen molar-refractivity contribution in [2.75, 3.05) is 40.9 Å². The minimum absolute atomic E-state index is 0.0181. The number of quaternary nitrogens is 1. The normalized spacial score (nSPS) is 14.5. The highest BCUT2D eigenvalue weighted by molar-refractivity contribution is 7.45. The van der Waals surface area contributed by atoms with Crippen LogP contribution in [0.25, 0.3) is 0 Å².